The van der Waals surface area contributed by atoms with E-state index >= 15 is 0 Å². The fraction of sp³-hybridized carbons (Fsp3) is 0.714. The zero-order chi connectivity index (χ0) is 13.6. The number of hydrogen-bond acceptors (Lipinski definition) is 6. The van der Waals surface area contributed by atoms with Crippen LogP contribution in [0.4, 0.5) is 11.6 Å². The van der Waals surface area contributed by atoms with E-state index in [1.807, 2.05) is 6.07 Å². The van der Waals surface area contributed by atoms with Crippen molar-refractivity contribution in [3.05, 3.63) is 12.4 Å². The minimum absolute atomic E-state index is 0.372. The van der Waals surface area contributed by atoms with Gasteiger partial charge in [0.1, 0.15) is 18.0 Å². The molecule has 2 atom stereocenters. The third-order valence-corrected chi connectivity index (χ3v) is 5.11. The molecule has 0 unspecified atom stereocenters. The first-order valence-electron chi connectivity index (χ1n) is 7.42. The van der Waals surface area contributed by atoms with Gasteiger partial charge in [-0.1, -0.05) is 0 Å². The van der Waals surface area contributed by atoms with Crippen LogP contribution in [0.25, 0.3) is 0 Å². The second-order valence-corrected chi connectivity index (χ2v) is 6.77. The van der Waals surface area contributed by atoms with E-state index in [2.05, 4.69) is 32.4 Å². The van der Waals surface area contributed by atoms with E-state index in [4.69, 9.17) is 4.74 Å². The van der Waals surface area contributed by atoms with Gasteiger partial charge in [-0.15, -0.1) is 0 Å². The van der Waals surface area contributed by atoms with Crippen LogP contribution in [0.15, 0.2) is 12.4 Å². The summed E-state index contributed by atoms with van der Waals surface area (Å²) in [5, 5.41) is 7.58. The molecular weight excluding hydrogens is 272 g/mol. The van der Waals surface area contributed by atoms with Crippen LogP contribution in [0, 0.1) is 0 Å². The molecule has 2 aliphatic rings. The first-order chi connectivity index (χ1) is 9.90. The normalized spacial score (nSPS) is 26.4. The van der Waals surface area contributed by atoms with E-state index in [0.717, 1.165) is 49.5 Å². The maximum Gasteiger partial charge on any atom is 0.131 e. The fourth-order valence-electron chi connectivity index (χ4n) is 2.62. The molecule has 20 heavy (non-hydrogen) atoms. The predicted molar refractivity (Wildman–Crippen MR) is 83.5 cm³/mol. The van der Waals surface area contributed by atoms with Crippen LogP contribution >= 0.6 is 11.8 Å². The maximum atomic E-state index is 5.48. The molecular formula is C14H22N4OS. The van der Waals surface area contributed by atoms with Crippen LogP contribution in [-0.2, 0) is 4.74 Å². The Hall–Kier alpha value is -1.01. The molecule has 0 aromatic carbocycles. The summed E-state index contributed by atoms with van der Waals surface area (Å²) in [6, 6.07) is 2.37. The van der Waals surface area contributed by atoms with Gasteiger partial charge in [0, 0.05) is 24.5 Å². The maximum absolute atomic E-state index is 5.48. The average Bonchev–Trinajstić information content (AvgIpc) is 3.00. The standard InChI is InChI=1S/C14H22N4OS/c1-3-11(9-19-5-1)18-14-7-13(16-10-17-14)15-8-12-4-2-6-20-12/h7,10-12H,1-6,8-9H2,(H2,15,16,17,18)/t11-,12+/m0/s1. The molecule has 2 saturated heterocycles. The van der Waals surface area contributed by atoms with Gasteiger partial charge in [-0.2, -0.15) is 11.8 Å². The molecule has 3 rings (SSSR count). The number of thioether (sulfide) groups is 1. The smallest absolute Gasteiger partial charge is 0.131 e. The SMILES string of the molecule is c1nc(NC[C@H]2CCCS2)cc(N[C@H]2CCCOC2)n1. The molecule has 0 saturated carbocycles. The van der Waals surface area contributed by atoms with Crippen molar-refractivity contribution in [2.24, 2.45) is 0 Å². The Morgan fingerprint density at radius 3 is 3.00 bits per heavy atom. The molecule has 2 aliphatic heterocycles. The van der Waals surface area contributed by atoms with E-state index in [1.54, 1.807) is 6.33 Å². The quantitative estimate of drug-likeness (QED) is 0.869. The predicted octanol–water partition coefficient (Wildman–Crippen LogP) is 2.38. The van der Waals surface area contributed by atoms with Crippen molar-refractivity contribution in [2.45, 2.75) is 37.0 Å². The second kappa shape index (κ2) is 7.13. The van der Waals surface area contributed by atoms with Crippen molar-refractivity contribution in [3.8, 4) is 0 Å². The van der Waals surface area contributed by atoms with E-state index in [-0.39, 0.29) is 0 Å². The number of nitrogens with zero attached hydrogens (tertiary/aromatic N) is 2. The van der Waals surface area contributed by atoms with Gasteiger partial charge in [-0.3, -0.25) is 0 Å². The zero-order valence-corrected chi connectivity index (χ0v) is 12.5. The van der Waals surface area contributed by atoms with Gasteiger partial charge in [-0.25, -0.2) is 9.97 Å². The van der Waals surface area contributed by atoms with Crippen molar-refractivity contribution >= 4 is 23.4 Å². The van der Waals surface area contributed by atoms with Crippen LogP contribution in [0.1, 0.15) is 25.7 Å². The summed E-state index contributed by atoms with van der Waals surface area (Å²) in [7, 11) is 0. The van der Waals surface area contributed by atoms with Gasteiger partial charge in [0.05, 0.1) is 12.6 Å². The molecule has 110 valence electrons. The Bertz CT molecular complexity index is 419. The molecule has 0 amide bonds. The Morgan fingerprint density at radius 2 is 2.20 bits per heavy atom. The second-order valence-electron chi connectivity index (χ2n) is 5.36. The van der Waals surface area contributed by atoms with E-state index in [0.29, 0.717) is 6.04 Å². The summed E-state index contributed by atoms with van der Waals surface area (Å²) in [4.78, 5) is 8.58. The van der Waals surface area contributed by atoms with Gasteiger partial charge in [0.2, 0.25) is 0 Å². The van der Waals surface area contributed by atoms with Crippen molar-refractivity contribution in [1.29, 1.82) is 0 Å². The molecule has 6 heteroatoms. The lowest BCUT2D eigenvalue weighted by molar-refractivity contribution is 0.0875. The zero-order valence-electron chi connectivity index (χ0n) is 11.7. The van der Waals surface area contributed by atoms with Gasteiger partial charge in [-0.05, 0) is 31.4 Å². The van der Waals surface area contributed by atoms with Crippen molar-refractivity contribution in [3.63, 3.8) is 0 Å². The average molecular weight is 294 g/mol. The Balaban J connectivity index is 1.51. The minimum atomic E-state index is 0.372. The number of ether oxygens (including phenoxy) is 1. The molecule has 0 aliphatic carbocycles. The summed E-state index contributed by atoms with van der Waals surface area (Å²) < 4.78 is 5.48. The summed E-state index contributed by atoms with van der Waals surface area (Å²) in [5.74, 6) is 3.09. The van der Waals surface area contributed by atoms with Crippen molar-refractivity contribution in [2.75, 3.05) is 36.1 Å². The van der Waals surface area contributed by atoms with Gasteiger partial charge in [0.25, 0.3) is 0 Å². The lowest BCUT2D eigenvalue weighted by atomic mass is 10.1. The monoisotopic (exact) mass is 294 g/mol. The van der Waals surface area contributed by atoms with E-state index < -0.39 is 0 Å². The molecule has 3 heterocycles. The molecule has 0 bridgehead atoms. The summed E-state index contributed by atoms with van der Waals surface area (Å²) in [6.45, 7) is 2.65. The van der Waals surface area contributed by atoms with E-state index in [9.17, 15) is 0 Å². The molecule has 2 fully saturated rings. The first kappa shape index (κ1) is 13.9. The summed E-state index contributed by atoms with van der Waals surface area (Å²) in [5.41, 5.74) is 0. The number of anilines is 2. The number of aromatic nitrogens is 2. The van der Waals surface area contributed by atoms with E-state index in [1.165, 1.54) is 18.6 Å². The molecule has 0 spiro atoms. The number of nitrogens with one attached hydrogen (secondary N) is 2. The third-order valence-electron chi connectivity index (χ3n) is 3.71. The summed E-state index contributed by atoms with van der Waals surface area (Å²) in [6.07, 6.45) is 6.54. The van der Waals surface area contributed by atoms with Gasteiger partial charge < -0.3 is 15.4 Å². The van der Waals surface area contributed by atoms with Crippen LogP contribution in [0.3, 0.4) is 0 Å². The Labute approximate surface area is 124 Å². The molecule has 0 radical (unpaired) electrons. The van der Waals surface area contributed by atoms with Crippen LogP contribution < -0.4 is 10.6 Å². The van der Waals surface area contributed by atoms with Gasteiger partial charge >= 0.3 is 0 Å². The summed E-state index contributed by atoms with van der Waals surface area (Å²) >= 11 is 2.06. The molecule has 2 N–H and O–H groups in total. The van der Waals surface area contributed by atoms with Crippen LogP contribution in [0.2, 0.25) is 0 Å². The highest BCUT2D eigenvalue weighted by Crippen LogP contribution is 2.26. The topological polar surface area (TPSA) is 59.1 Å². The van der Waals surface area contributed by atoms with Crippen molar-refractivity contribution < 1.29 is 4.74 Å². The molecule has 1 aromatic heterocycles. The Kier molecular flexibility index (Phi) is 4.97. The van der Waals surface area contributed by atoms with Crippen LogP contribution in [0.5, 0.6) is 0 Å². The highest BCUT2D eigenvalue weighted by atomic mass is 32.2. The first-order valence-corrected chi connectivity index (χ1v) is 8.47. The van der Waals surface area contributed by atoms with Crippen LogP contribution in [-0.4, -0.2) is 46.8 Å². The largest absolute Gasteiger partial charge is 0.379 e. The Morgan fingerprint density at radius 1 is 1.25 bits per heavy atom. The highest BCUT2D eigenvalue weighted by Gasteiger charge is 2.16. The lowest BCUT2D eigenvalue weighted by Gasteiger charge is -2.23. The number of hydrogen-bond donors (Lipinski definition) is 2. The minimum Gasteiger partial charge on any atom is -0.379 e. The molecule has 1 aromatic rings. The third kappa shape index (κ3) is 3.99. The highest BCUT2D eigenvalue weighted by molar-refractivity contribution is 8.00. The van der Waals surface area contributed by atoms with Crippen molar-refractivity contribution in [1.82, 2.24) is 9.97 Å². The fourth-order valence-corrected chi connectivity index (χ4v) is 3.82. The lowest BCUT2D eigenvalue weighted by Crippen LogP contribution is -2.30. The van der Waals surface area contributed by atoms with Gasteiger partial charge in [0.15, 0.2) is 0 Å². The molecule has 5 nitrogen and oxygen atoms in total. The number of rotatable bonds is 5.